The quantitative estimate of drug-likeness (QED) is 0.874. The highest BCUT2D eigenvalue weighted by molar-refractivity contribution is 5.81. The third-order valence-corrected chi connectivity index (χ3v) is 4.41. The molecule has 21 heavy (non-hydrogen) atoms. The van der Waals surface area contributed by atoms with Gasteiger partial charge in [0.1, 0.15) is 0 Å². The highest BCUT2D eigenvalue weighted by Crippen LogP contribution is 2.20. The van der Waals surface area contributed by atoms with Crippen molar-refractivity contribution >= 4 is 5.91 Å². The predicted molar refractivity (Wildman–Crippen MR) is 84.1 cm³/mol. The Hall–Kier alpha value is -1.39. The highest BCUT2D eigenvalue weighted by atomic mass is 16.5. The van der Waals surface area contributed by atoms with Gasteiger partial charge >= 0.3 is 0 Å². The zero-order chi connectivity index (χ0) is 15.2. The van der Waals surface area contributed by atoms with E-state index in [0.29, 0.717) is 6.54 Å². The van der Waals surface area contributed by atoms with Gasteiger partial charge in [-0.3, -0.25) is 9.69 Å². The smallest absolute Gasteiger partial charge is 0.237 e. The number of carbonyl (C=O) groups excluding carboxylic acids is 1. The Morgan fingerprint density at radius 2 is 2.10 bits per heavy atom. The van der Waals surface area contributed by atoms with Crippen molar-refractivity contribution < 1.29 is 9.53 Å². The Bertz CT molecular complexity index is 443. The van der Waals surface area contributed by atoms with Crippen molar-refractivity contribution in [2.45, 2.75) is 44.9 Å². The lowest BCUT2D eigenvalue weighted by Gasteiger charge is -2.30. The largest absolute Gasteiger partial charge is 0.376 e. The average Bonchev–Trinajstić information content (AvgIpc) is 3.04. The van der Waals surface area contributed by atoms with E-state index in [9.17, 15) is 4.79 Å². The molecule has 1 N–H and O–H groups in total. The zero-order valence-electron chi connectivity index (χ0n) is 13.2. The van der Waals surface area contributed by atoms with Crippen molar-refractivity contribution in [1.82, 2.24) is 10.2 Å². The molecule has 116 valence electrons. The summed E-state index contributed by atoms with van der Waals surface area (Å²) in [7, 11) is 1.99. The maximum absolute atomic E-state index is 12.3. The van der Waals surface area contributed by atoms with Crippen LogP contribution in [0.2, 0.25) is 0 Å². The first-order valence-electron chi connectivity index (χ1n) is 7.75. The minimum atomic E-state index is -0.165. The van der Waals surface area contributed by atoms with Crippen LogP contribution in [0.5, 0.6) is 0 Å². The topological polar surface area (TPSA) is 41.6 Å². The van der Waals surface area contributed by atoms with Gasteiger partial charge in [-0.15, -0.1) is 0 Å². The second-order valence-corrected chi connectivity index (χ2v) is 5.81. The summed E-state index contributed by atoms with van der Waals surface area (Å²) < 4.78 is 5.53. The van der Waals surface area contributed by atoms with E-state index in [-0.39, 0.29) is 24.1 Å². The molecule has 1 aromatic rings. The summed E-state index contributed by atoms with van der Waals surface area (Å²) in [5.41, 5.74) is 1.22. The van der Waals surface area contributed by atoms with Gasteiger partial charge < -0.3 is 10.1 Å². The molecule has 1 fully saturated rings. The Kier molecular flexibility index (Phi) is 5.76. The molecular formula is C17H26N2O2. The van der Waals surface area contributed by atoms with Crippen molar-refractivity contribution in [1.29, 1.82) is 0 Å². The van der Waals surface area contributed by atoms with Gasteiger partial charge in [0.25, 0.3) is 0 Å². The van der Waals surface area contributed by atoms with Crippen LogP contribution in [0.4, 0.5) is 0 Å². The van der Waals surface area contributed by atoms with Crippen LogP contribution in [0.25, 0.3) is 0 Å². The van der Waals surface area contributed by atoms with Crippen LogP contribution in [0.3, 0.4) is 0 Å². The molecule has 1 saturated heterocycles. The summed E-state index contributed by atoms with van der Waals surface area (Å²) in [6, 6.07) is 10.3. The summed E-state index contributed by atoms with van der Waals surface area (Å²) in [4.78, 5) is 14.4. The van der Waals surface area contributed by atoms with Crippen molar-refractivity contribution in [3.05, 3.63) is 35.9 Å². The van der Waals surface area contributed by atoms with Gasteiger partial charge in [-0.1, -0.05) is 30.3 Å². The molecule has 0 bridgehead atoms. The first-order chi connectivity index (χ1) is 10.1. The lowest BCUT2D eigenvalue weighted by atomic mass is 10.1. The van der Waals surface area contributed by atoms with Gasteiger partial charge in [-0.25, -0.2) is 0 Å². The Balaban J connectivity index is 1.85. The highest BCUT2D eigenvalue weighted by Gasteiger charge is 2.24. The molecule has 1 aliphatic rings. The predicted octanol–water partition coefficient (Wildman–Crippen LogP) is 2.36. The molecule has 4 heteroatoms. The van der Waals surface area contributed by atoms with Crippen molar-refractivity contribution in [2.24, 2.45) is 0 Å². The van der Waals surface area contributed by atoms with E-state index in [1.165, 1.54) is 5.56 Å². The fourth-order valence-corrected chi connectivity index (χ4v) is 2.65. The third kappa shape index (κ3) is 4.29. The van der Waals surface area contributed by atoms with Crippen molar-refractivity contribution in [3.8, 4) is 0 Å². The second kappa shape index (κ2) is 7.57. The van der Waals surface area contributed by atoms with E-state index in [1.54, 1.807) is 0 Å². The van der Waals surface area contributed by atoms with Gasteiger partial charge in [0.05, 0.1) is 12.1 Å². The first-order valence-corrected chi connectivity index (χ1v) is 7.75. The summed E-state index contributed by atoms with van der Waals surface area (Å²) in [6.45, 7) is 5.52. The fourth-order valence-electron chi connectivity index (χ4n) is 2.65. The molecule has 2 rings (SSSR count). The van der Waals surface area contributed by atoms with E-state index in [0.717, 1.165) is 19.4 Å². The van der Waals surface area contributed by atoms with E-state index < -0.39 is 0 Å². The number of rotatable bonds is 6. The second-order valence-electron chi connectivity index (χ2n) is 5.81. The van der Waals surface area contributed by atoms with E-state index in [4.69, 9.17) is 4.74 Å². The molecule has 0 spiro atoms. The van der Waals surface area contributed by atoms with E-state index in [1.807, 2.05) is 32.2 Å². The summed E-state index contributed by atoms with van der Waals surface area (Å²) in [5, 5.41) is 3.01. The molecule has 1 aliphatic heterocycles. The van der Waals surface area contributed by atoms with Gasteiger partial charge in [0, 0.05) is 19.2 Å². The Morgan fingerprint density at radius 3 is 2.71 bits per heavy atom. The molecule has 0 aliphatic carbocycles. The molecule has 0 aromatic heterocycles. The monoisotopic (exact) mass is 290 g/mol. The van der Waals surface area contributed by atoms with Gasteiger partial charge in [0.2, 0.25) is 5.91 Å². The zero-order valence-corrected chi connectivity index (χ0v) is 13.2. The van der Waals surface area contributed by atoms with Gasteiger partial charge in [-0.05, 0) is 39.3 Å². The molecule has 1 amide bonds. The number of hydrogen-bond acceptors (Lipinski definition) is 3. The molecule has 0 unspecified atom stereocenters. The van der Waals surface area contributed by atoms with Gasteiger partial charge in [0.15, 0.2) is 0 Å². The normalized spacial score (nSPS) is 21.2. The minimum absolute atomic E-state index is 0.0655. The summed E-state index contributed by atoms with van der Waals surface area (Å²) in [5.74, 6) is 0.0655. The summed E-state index contributed by atoms with van der Waals surface area (Å²) in [6.07, 6.45) is 2.34. The van der Waals surface area contributed by atoms with E-state index in [2.05, 4.69) is 29.3 Å². The first kappa shape index (κ1) is 16.0. The van der Waals surface area contributed by atoms with Crippen LogP contribution in [0.1, 0.15) is 38.3 Å². The Labute approximate surface area is 127 Å². The number of amides is 1. The summed E-state index contributed by atoms with van der Waals surface area (Å²) >= 11 is 0. The number of nitrogens with one attached hydrogen (secondary N) is 1. The van der Waals surface area contributed by atoms with Crippen LogP contribution in [-0.4, -0.2) is 43.2 Å². The van der Waals surface area contributed by atoms with Crippen LogP contribution in [-0.2, 0) is 9.53 Å². The number of hydrogen-bond donors (Lipinski definition) is 1. The minimum Gasteiger partial charge on any atom is -0.376 e. The van der Waals surface area contributed by atoms with Crippen LogP contribution in [0, 0.1) is 0 Å². The Morgan fingerprint density at radius 1 is 1.38 bits per heavy atom. The number of benzene rings is 1. The van der Waals surface area contributed by atoms with Crippen molar-refractivity contribution in [3.63, 3.8) is 0 Å². The third-order valence-electron chi connectivity index (χ3n) is 4.41. The van der Waals surface area contributed by atoms with Crippen LogP contribution < -0.4 is 5.32 Å². The molecule has 0 saturated carbocycles. The van der Waals surface area contributed by atoms with E-state index >= 15 is 0 Å². The maximum Gasteiger partial charge on any atom is 0.237 e. The number of nitrogens with zero attached hydrogens (tertiary/aromatic N) is 1. The fraction of sp³-hybridized carbons (Fsp3) is 0.588. The molecular weight excluding hydrogens is 264 g/mol. The maximum atomic E-state index is 12.3. The van der Waals surface area contributed by atoms with Crippen molar-refractivity contribution in [2.75, 3.05) is 20.2 Å². The van der Waals surface area contributed by atoms with Crippen LogP contribution >= 0.6 is 0 Å². The lowest BCUT2D eigenvalue weighted by molar-refractivity contribution is -0.126. The van der Waals surface area contributed by atoms with Crippen LogP contribution in [0.15, 0.2) is 30.3 Å². The standard InChI is InChI=1S/C17H26N2O2/c1-13(15-8-5-4-6-9-15)19(3)14(2)17(20)18-12-16-10-7-11-21-16/h4-6,8-9,13-14,16H,7,10-12H2,1-3H3,(H,18,20)/t13-,14+,16-/m0/s1. The lowest BCUT2D eigenvalue weighted by Crippen LogP contribution is -2.46. The molecule has 3 atom stereocenters. The molecule has 1 aromatic carbocycles. The number of carbonyl (C=O) groups is 1. The SMILES string of the molecule is C[C@H](C(=O)NC[C@@H]1CCCO1)N(C)[C@@H](C)c1ccccc1. The molecule has 4 nitrogen and oxygen atoms in total. The average molecular weight is 290 g/mol. The molecule has 1 heterocycles. The number of ether oxygens (including phenoxy) is 1. The van der Waals surface area contributed by atoms with Gasteiger partial charge in [-0.2, -0.15) is 0 Å². The number of likely N-dealkylation sites (N-methyl/N-ethyl adjacent to an activating group) is 1. The molecule has 0 radical (unpaired) electrons.